The molecule has 0 aliphatic rings. The third-order valence-corrected chi connectivity index (χ3v) is 4.23. The average Bonchev–Trinajstić information content (AvgIpc) is 2.78. The lowest BCUT2D eigenvalue weighted by molar-refractivity contribution is -0.119. The zero-order valence-electron chi connectivity index (χ0n) is 16.3. The standard InChI is InChI=1S/C23H19N3O5/c24-21(28)16-10-4-6-12-18(16)25-20(27)14-31-23(30)17-11-5-7-13-19(17)26-22(29)15-8-2-1-3-9-15/h1-13H,14H2,(H2,24,28)(H,25,27)(H,26,29). The Hall–Kier alpha value is -4.46. The molecule has 0 spiro atoms. The zero-order valence-corrected chi connectivity index (χ0v) is 16.3. The molecule has 4 N–H and O–H groups in total. The number of anilines is 2. The van der Waals surface area contributed by atoms with Gasteiger partial charge in [0.1, 0.15) is 0 Å². The van der Waals surface area contributed by atoms with E-state index in [0.717, 1.165) is 0 Å². The third-order valence-electron chi connectivity index (χ3n) is 4.23. The molecule has 0 heterocycles. The highest BCUT2D eigenvalue weighted by molar-refractivity contribution is 6.08. The molecule has 0 fully saturated rings. The van der Waals surface area contributed by atoms with Crippen LogP contribution in [0.2, 0.25) is 0 Å². The molecule has 3 rings (SSSR count). The molecule has 0 aromatic heterocycles. The second kappa shape index (κ2) is 9.84. The molecule has 0 bridgehead atoms. The molecule has 3 amide bonds. The monoisotopic (exact) mass is 417 g/mol. The summed E-state index contributed by atoms with van der Waals surface area (Å²) < 4.78 is 5.07. The second-order valence-electron chi connectivity index (χ2n) is 6.40. The number of para-hydroxylation sites is 2. The quantitative estimate of drug-likeness (QED) is 0.509. The van der Waals surface area contributed by atoms with Gasteiger partial charge in [0.05, 0.1) is 22.5 Å². The number of hydrogen-bond donors (Lipinski definition) is 3. The van der Waals surface area contributed by atoms with Crippen LogP contribution < -0.4 is 16.4 Å². The van der Waals surface area contributed by atoms with Gasteiger partial charge >= 0.3 is 5.97 Å². The number of carbonyl (C=O) groups excluding carboxylic acids is 4. The maximum Gasteiger partial charge on any atom is 0.340 e. The lowest BCUT2D eigenvalue weighted by Gasteiger charge is -2.12. The Bertz CT molecular complexity index is 1130. The van der Waals surface area contributed by atoms with Crippen LogP contribution in [-0.2, 0) is 9.53 Å². The first-order valence-electron chi connectivity index (χ1n) is 9.27. The molecular weight excluding hydrogens is 398 g/mol. The molecule has 0 saturated carbocycles. The summed E-state index contributed by atoms with van der Waals surface area (Å²) in [4.78, 5) is 48.5. The predicted molar refractivity (Wildman–Crippen MR) is 115 cm³/mol. The number of rotatable bonds is 7. The molecule has 3 aromatic carbocycles. The van der Waals surface area contributed by atoms with Gasteiger partial charge in [-0.3, -0.25) is 14.4 Å². The zero-order chi connectivity index (χ0) is 22.2. The number of carbonyl (C=O) groups is 4. The van der Waals surface area contributed by atoms with Gasteiger partial charge in [0.25, 0.3) is 17.7 Å². The van der Waals surface area contributed by atoms with E-state index in [0.29, 0.717) is 5.56 Å². The Balaban J connectivity index is 1.64. The fourth-order valence-electron chi connectivity index (χ4n) is 2.76. The van der Waals surface area contributed by atoms with Crippen LogP contribution in [0.25, 0.3) is 0 Å². The summed E-state index contributed by atoms with van der Waals surface area (Å²) in [6, 6.07) is 21.0. The molecular formula is C23H19N3O5. The summed E-state index contributed by atoms with van der Waals surface area (Å²) in [5.41, 5.74) is 6.40. The van der Waals surface area contributed by atoms with Crippen LogP contribution in [0.3, 0.4) is 0 Å². The van der Waals surface area contributed by atoms with Gasteiger partial charge in [-0.2, -0.15) is 0 Å². The van der Waals surface area contributed by atoms with Gasteiger partial charge in [-0.15, -0.1) is 0 Å². The lowest BCUT2D eigenvalue weighted by atomic mass is 10.1. The molecule has 31 heavy (non-hydrogen) atoms. The fraction of sp³-hybridized carbons (Fsp3) is 0.0435. The first-order chi connectivity index (χ1) is 15.0. The van der Waals surface area contributed by atoms with Gasteiger partial charge in [0, 0.05) is 5.56 Å². The van der Waals surface area contributed by atoms with E-state index in [2.05, 4.69) is 10.6 Å². The summed E-state index contributed by atoms with van der Waals surface area (Å²) in [6.07, 6.45) is 0. The maximum absolute atomic E-state index is 12.5. The summed E-state index contributed by atoms with van der Waals surface area (Å²) in [5, 5.41) is 5.14. The van der Waals surface area contributed by atoms with E-state index in [9.17, 15) is 19.2 Å². The molecule has 0 aliphatic carbocycles. The fourth-order valence-corrected chi connectivity index (χ4v) is 2.76. The predicted octanol–water partition coefficient (Wildman–Crippen LogP) is 2.83. The van der Waals surface area contributed by atoms with Crippen molar-refractivity contribution in [1.29, 1.82) is 0 Å². The van der Waals surface area contributed by atoms with E-state index in [4.69, 9.17) is 10.5 Å². The van der Waals surface area contributed by atoms with Gasteiger partial charge in [0.2, 0.25) is 0 Å². The first-order valence-corrected chi connectivity index (χ1v) is 9.27. The minimum absolute atomic E-state index is 0.0946. The smallest absolute Gasteiger partial charge is 0.340 e. The Morgan fingerprint density at radius 3 is 1.90 bits per heavy atom. The van der Waals surface area contributed by atoms with Crippen molar-refractivity contribution in [2.75, 3.05) is 17.2 Å². The Labute approximate surface area is 178 Å². The number of nitrogens with one attached hydrogen (secondary N) is 2. The van der Waals surface area contributed by atoms with Crippen molar-refractivity contribution in [1.82, 2.24) is 0 Å². The molecule has 156 valence electrons. The molecule has 0 aliphatic heterocycles. The third kappa shape index (κ3) is 5.54. The second-order valence-corrected chi connectivity index (χ2v) is 6.40. The highest BCUT2D eigenvalue weighted by Crippen LogP contribution is 2.18. The van der Waals surface area contributed by atoms with Gasteiger partial charge in [-0.25, -0.2) is 4.79 Å². The molecule has 0 radical (unpaired) electrons. The van der Waals surface area contributed by atoms with E-state index in [1.807, 2.05) is 0 Å². The van der Waals surface area contributed by atoms with Crippen LogP contribution in [0.1, 0.15) is 31.1 Å². The topological polar surface area (TPSA) is 128 Å². The number of ether oxygens (including phenoxy) is 1. The van der Waals surface area contributed by atoms with Crippen molar-refractivity contribution in [3.63, 3.8) is 0 Å². The summed E-state index contributed by atoms with van der Waals surface area (Å²) >= 11 is 0. The van der Waals surface area contributed by atoms with Crippen molar-refractivity contribution in [2.24, 2.45) is 5.73 Å². The largest absolute Gasteiger partial charge is 0.452 e. The van der Waals surface area contributed by atoms with Crippen molar-refractivity contribution >= 4 is 35.1 Å². The van der Waals surface area contributed by atoms with Crippen LogP contribution in [0.5, 0.6) is 0 Å². The molecule has 8 heteroatoms. The van der Waals surface area contributed by atoms with Crippen molar-refractivity contribution in [2.45, 2.75) is 0 Å². The van der Waals surface area contributed by atoms with Crippen molar-refractivity contribution < 1.29 is 23.9 Å². The molecule has 0 saturated heterocycles. The SMILES string of the molecule is NC(=O)c1ccccc1NC(=O)COC(=O)c1ccccc1NC(=O)c1ccccc1. The summed E-state index contributed by atoms with van der Waals surface area (Å²) in [6.45, 7) is -0.590. The van der Waals surface area contributed by atoms with Gasteiger partial charge < -0.3 is 21.1 Å². The number of hydrogen-bond acceptors (Lipinski definition) is 5. The van der Waals surface area contributed by atoms with Gasteiger partial charge in [-0.1, -0.05) is 42.5 Å². The maximum atomic E-state index is 12.5. The van der Waals surface area contributed by atoms with Crippen LogP contribution >= 0.6 is 0 Å². The van der Waals surface area contributed by atoms with Crippen LogP contribution in [0, 0.1) is 0 Å². The number of nitrogens with two attached hydrogens (primary N) is 1. The average molecular weight is 417 g/mol. The summed E-state index contributed by atoms with van der Waals surface area (Å²) in [5.74, 6) is -2.52. The van der Waals surface area contributed by atoms with E-state index in [-0.39, 0.29) is 28.4 Å². The van der Waals surface area contributed by atoms with E-state index < -0.39 is 24.4 Å². The van der Waals surface area contributed by atoms with E-state index >= 15 is 0 Å². The van der Waals surface area contributed by atoms with Crippen LogP contribution in [-0.4, -0.2) is 30.3 Å². The Morgan fingerprint density at radius 2 is 1.26 bits per heavy atom. The van der Waals surface area contributed by atoms with E-state index in [1.165, 1.54) is 18.2 Å². The number of esters is 1. The molecule has 3 aromatic rings. The minimum Gasteiger partial charge on any atom is -0.452 e. The number of primary amides is 1. The highest BCUT2D eigenvalue weighted by Gasteiger charge is 2.17. The van der Waals surface area contributed by atoms with Gasteiger partial charge in [0.15, 0.2) is 6.61 Å². The normalized spacial score (nSPS) is 10.1. The molecule has 0 unspecified atom stereocenters. The first kappa shape index (κ1) is 21.3. The lowest BCUT2D eigenvalue weighted by Crippen LogP contribution is -2.23. The van der Waals surface area contributed by atoms with Crippen LogP contribution in [0.4, 0.5) is 11.4 Å². The number of amides is 3. The van der Waals surface area contributed by atoms with Crippen LogP contribution in [0.15, 0.2) is 78.9 Å². The summed E-state index contributed by atoms with van der Waals surface area (Å²) in [7, 11) is 0. The Kier molecular flexibility index (Phi) is 6.74. The van der Waals surface area contributed by atoms with E-state index in [1.54, 1.807) is 60.7 Å². The minimum atomic E-state index is -0.790. The van der Waals surface area contributed by atoms with Crippen molar-refractivity contribution in [3.05, 3.63) is 95.6 Å². The molecule has 8 nitrogen and oxygen atoms in total. The van der Waals surface area contributed by atoms with Crippen molar-refractivity contribution in [3.8, 4) is 0 Å². The highest BCUT2D eigenvalue weighted by atomic mass is 16.5. The Morgan fingerprint density at radius 1 is 0.710 bits per heavy atom. The van der Waals surface area contributed by atoms with Gasteiger partial charge in [-0.05, 0) is 36.4 Å². The number of benzene rings is 3. The molecule has 0 atom stereocenters.